The van der Waals surface area contributed by atoms with Crippen molar-refractivity contribution in [3.05, 3.63) is 70.4 Å². The summed E-state index contributed by atoms with van der Waals surface area (Å²) in [7, 11) is -3.95. The Bertz CT molecular complexity index is 1140. The van der Waals surface area contributed by atoms with Crippen molar-refractivity contribution in [3.8, 4) is 0 Å². The number of hydrogen-bond acceptors (Lipinski definition) is 5. The van der Waals surface area contributed by atoms with E-state index < -0.39 is 10.0 Å². The maximum absolute atomic E-state index is 12.6. The average molecular weight is 437 g/mol. The van der Waals surface area contributed by atoms with Gasteiger partial charge < -0.3 is 14.6 Å². The Balaban J connectivity index is 1.57. The van der Waals surface area contributed by atoms with Crippen molar-refractivity contribution in [2.24, 2.45) is 0 Å². The summed E-state index contributed by atoms with van der Waals surface area (Å²) in [6, 6.07) is 12.9. The first-order valence-corrected chi connectivity index (χ1v) is 10.4. The Morgan fingerprint density at radius 2 is 1.75 bits per heavy atom. The molecule has 2 heterocycles. The van der Waals surface area contributed by atoms with Gasteiger partial charge in [-0.1, -0.05) is 29.3 Å². The van der Waals surface area contributed by atoms with E-state index in [2.05, 4.69) is 10.0 Å². The monoisotopic (exact) mass is 436 g/mol. The molecule has 4 rings (SSSR count). The molecule has 10 heteroatoms. The van der Waals surface area contributed by atoms with Crippen LogP contribution in [0.5, 0.6) is 0 Å². The van der Waals surface area contributed by atoms with Gasteiger partial charge in [0.25, 0.3) is 10.0 Å². The summed E-state index contributed by atoms with van der Waals surface area (Å²) in [6.07, 6.45) is 1.52. The van der Waals surface area contributed by atoms with E-state index in [4.69, 9.17) is 33.0 Å². The summed E-state index contributed by atoms with van der Waals surface area (Å²) in [4.78, 5) is 1.57. The summed E-state index contributed by atoms with van der Waals surface area (Å²) in [5, 5.41) is 11.5. The molecule has 3 aromatic rings. The second-order valence-electron chi connectivity index (χ2n) is 5.98. The standard InChI is InChI=1S/C18H14Cl2N4O3S/c19-14-2-1-3-15(20)16(14)28(25,26)23-11-4-6-12(7-5-11)24-10-22-18-13(17(24)21)8-9-27-18/h1-9,21-23H,10H2. The highest BCUT2D eigenvalue weighted by Crippen LogP contribution is 2.31. The molecule has 0 unspecified atom stereocenters. The predicted molar refractivity (Wildman–Crippen MR) is 110 cm³/mol. The largest absolute Gasteiger partial charge is 0.448 e. The predicted octanol–water partition coefficient (Wildman–Crippen LogP) is 4.60. The Morgan fingerprint density at radius 1 is 1.07 bits per heavy atom. The van der Waals surface area contributed by atoms with Crippen LogP contribution in [0.2, 0.25) is 10.0 Å². The zero-order chi connectivity index (χ0) is 19.9. The van der Waals surface area contributed by atoms with E-state index in [1.54, 1.807) is 41.3 Å². The van der Waals surface area contributed by atoms with Crippen LogP contribution in [0.15, 0.2) is 64.1 Å². The highest BCUT2D eigenvalue weighted by atomic mass is 35.5. The molecule has 0 radical (unpaired) electrons. The van der Waals surface area contributed by atoms with Gasteiger partial charge in [0.15, 0.2) is 0 Å². The van der Waals surface area contributed by atoms with E-state index in [-0.39, 0.29) is 14.9 Å². The van der Waals surface area contributed by atoms with Crippen molar-refractivity contribution >= 4 is 56.3 Å². The lowest BCUT2D eigenvalue weighted by atomic mass is 10.2. The number of anilines is 3. The van der Waals surface area contributed by atoms with Crippen molar-refractivity contribution in [1.29, 1.82) is 5.41 Å². The maximum Gasteiger partial charge on any atom is 0.264 e. The molecule has 1 aliphatic heterocycles. The van der Waals surface area contributed by atoms with Gasteiger partial charge in [0, 0.05) is 11.4 Å². The first-order chi connectivity index (χ1) is 13.4. The van der Waals surface area contributed by atoms with Gasteiger partial charge in [0.05, 0.1) is 28.5 Å². The third-order valence-electron chi connectivity index (χ3n) is 4.21. The smallest absolute Gasteiger partial charge is 0.264 e. The summed E-state index contributed by atoms with van der Waals surface area (Å²) in [5.41, 5.74) is 1.73. The number of sulfonamides is 1. The summed E-state index contributed by atoms with van der Waals surface area (Å²) in [5.74, 6) is 0.848. The Kier molecular flexibility index (Phi) is 4.70. The SMILES string of the molecule is N=C1c2ccoc2NCN1c1ccc(NS(=O)(=O)c2c(Cl)cccc2Cl)cc1. The van der Waals surface area contributed by atoms with E-state index >= 15 is 0 Å². The van der Waals surface area contributed by atoms with Crippen LogP contribution in [0.3, 0.4) is 0 Å². The molecule has 28 heavy (non-hydrogen) atoms. The molecule has 0 aliphatic carbocycles. The minimum absolute atomic E-state index is 0.0420. The van der Waals surface area contributed by atoms with Crippen LogP contribution < -0.4 is 14.9 Å². The highest BCUT2D eigenvalue weighted by Gasteiger charge is 2.25. The van der Waals surface area contributed by atoms with Gasteiger partial charge in [0.1, 0.15) is 10.7 Å². The number of nitrogens with one attached hydrogen (secondary N) is 3. The summed E-state index contributed by atoms with van der Waals surface area (Å²) >= 11 is 12.0. The first-order valence-electron chi connectivity index (χ1n) is 8.11. The Labute approximate surface area is 171 Å². The molecule has 0 saturated carbocycles. The molecule has 0 atom stereocenters. The summed E-state index contributed by atoms with van der Waals surface area (Å²) < 4.78 is 33.0. The molecular formula is C18H14Cl2N4O3S. The Hall–Kier alpha value is -2.68. The minimum Gasteiger partial charge on any atom is -0.448 e. The number of fused-ring (bicyclic) bond motifs is 1. The van der Waals surface area contributed by atoms with Gasteiger partial charge in [-0.25, -0.2) is 8.42 Å². The van der Waals surface area contributed by atoms with Crippen LogP contribution in [0.25, 0.3) is 0 Å². The molecule has 0 amide bonds. The zero-order valence-corrected chi connectivity index (χ0v) is 16.6. The Morgan fingerprint density at radius 3 is 2.43 bits per heavy atom. The lowest BCUT2D eigenvalue weighted by Gasteiger charge is -2.29. The van der Waals surface area contributed by atoms with E-state index in [0.717, 1.165) is 5.69 Å². The van der Waals surface area contributed by atoms with Crippen LogP contribution >= 0.6 is 23.2 Å². The van der Waals surface area contributed by atoms with Gasteiger partial charge in [-0.15, -0.1) is 0 Å². The summed E-state index contributed by atoms with van der Waals surface area (Å²) in [6.45, 7) is 0.361. The minimum atomic E-state index is -3.95. The highest BCUT2D eigenvalue weighted by molar-refractivity contribution is 7.93. The molecule has 2 aromatic carbocycles. The molecule has 1 aliphatic rings. The van der Waals surface area contributed by atoms with Crippen LogP contribution in [0.4, 0.5) is 17.3 Å². The molecule has 3 N–H and O–H groups in total. The molecule has 1 aromatic heterocycles. The first kappa shape index (κ1) is 18.7. The molecule has 7 nitrogen and oxygen atoms in total. The third-order valence-corrected chi connectivity index (χ3v) is 6.54. The topological polar surface area (TPSA) is 98.4 Å². The van der Waals surface area contributed by atoms with Crippen LogP contribution in [-0.2, 0) is 10.0 Å². The number of rotatable bonds is 4. The van der Waals surface area contributed by atoms with Crippen LogP contribution in [0, 0.1) is 5.41 Å². The van der Waals surface area contributed by atoms with E-state index in [9.17, 15) is 8.42 Å². The zero-order valence-electron chi connectivity index (χ0n) is 14.2. The number of nitrogens with zero attached hydrogens (tertiary/aromatic N) is 1. The number of halogens is 2. The van der Waals surface area contributed by atoms with Crippen LogP contribution in [-0.4, -0.2) is 20.9 Å². The second kappa shape index (κ2) is 7.05. The van der Waals surface area contributed by atoms with Gasteiger partial charge in [0.2, 0.25) is 5.88 Å². The van der Waals surface area contributed by atoms with Crippen molar-refractivity contribution in [1.82, 2.24) is 0 Å². The molecule has 0 spiro atoms. The normalized spacial score (nSPS) is 13.8. The average Bonchev–Trinajstić information content (AvgIpc) is 3.12. The second-order valence-corrected chi connectivity index (χ2v) is 8.41. The van der Waals surface area contributed by atoms with Crippen molar-refractivity contribution in [2.45, 2.75) is 4.90 Å². The maximum atomic E-state index is 12.6. The van der Waals surface area contributed by atoms with E-state index in [0.29, 0.717) is 29.6 Å². The molecule has 144 valence electrons. The van der Waals surface area contributed by atoms with E-state index in [1.807, 2.05) is 0 Å². The molecular weight excluding hydrogens is 423 g/mol. The van der Waals surface area contributed by atoms with Crippen LogP contribution in [0.1, 0.15) is 5.56 Å². The molecule has 0 saturated heterocycles. The van der Waals surface area contributed by atoms with Gasteiger partial charge >= 0.3 is 0 Å². The third kappa shape index (κ3) is 3.30. The van der Waals surface area contributed by atoms with Gasteiger partial charge in [-0.05, 0) is 42.5 Å². The number of hydrogen-bond donors (Lipinski definition) is 3. The lowest BCUT2D eigenvalue weighted by Crippen LogP contribution is -2.39. The van der Waals surface area contributed by atoms with Crippen molar-refractivity contribution in [3.63, 3.8) is 0 Å². The fraction of sp³-hybridized carbons (Fsp3) is 0.0556. The number of furan rings is 1. The quantitative estimate of drug-likeness (QED) is 0.554. The fourth-order valence-electron chi connectivity index (χ4n) is 2.88. The number of amidine groups is 1. The fourth-order valence-corrected chi connectivity index (χ4v) is 5.09. The lowest BCUT2D eigenvalue weighted by molar-refractivity contribution is 0.577. The van der Waals surface area contributed by atoms with E-state index in [1.165, 1.54) is 18.4 Å². The van der Waals surface area contributed by atoms with Gasteiger partial charge in [-0.2, -0.15) is 0 Å². The van der Waals surface area contributed by atoms with Gasteiger partial charge in [-0.3, -0.25) is 10.1 Å². The molecule has 0 bridgehead atoms. The van der Waals surface area contributed by atoms with Crippen molar-refractivity contribution < 1.29 is 12.8 Å². The van der Waals surface area contributed by atoms with Crippen molar-refractivity contribution in [2.75, 3.05) is 21.6 Å². The number of benzene rings is 2. The molecule has 0 fully saturated rings.